The first kappa shape index (κ1) is 19.2. The minimum absolute atomic E-state index is 0.658. The zero-order chi connectivity index (χ0) is 15.8. The normalized spacial score (nSPS) is 12.9. The van der Waals surface area contributed by atoms with Crippen molar-refractivity contribution in [2.24, 2.45) is 0 Å². The second-order valence-corrected chi connectivity index (χ2v) is 4.97. The van der Waals surface area contributed by atoms with Gasteiger partial charge < -0.3 is 10.2 Å². The molecule has 0 atom stereocenters. The summed E-state index contributed by atoms with van der Waals surface area (Å²) in [6.07, 6.45) is 22.5. The van der Waals surface area contributed by atoms with Gasteiger partial charge in [0.25, 0.3) is 0 Å². The van der Waals surface area contributed by atoms with E-state index in [1.54, 1.807) is 12.2 Å². The topological polar surface area (TPSA) is 57.5 Å². The van der Waals surface area contributed by atoms with Crippen LogP contribution in [0.1, 0.15) is 58.3 Å². The third kappa shape index (κ3) is 14.4. The van der Waals surface area contributed by atoms with E-state index in [4.69, 9.17) is 10.2 Å². The number of allylic oxidation sites excluding steroid dienone is 7. The molecule has 0 aromatic heterocycles. The summed E-state index contributed by atoms with van der Waals surface area (Å²) in [5.41, 5.74) is 0. The third-order valence-electron chi connectivity index (χ3n) is 3.03. The highest BCUT2D eigenvalue weighted by molar-refractivity contribution is 5.83. The van der Waals surface area contributed by atoms with Crippen LogP contribution in [0.4, 0.5) is 0 Å². The quantitative estimate of drug-likeness (QED) is 0.221. The number of carboxylic acids is 1. The van der Waals surface area contributed by atoms with E-state index in [2.05, 4.69) is 13.0 Å². The van der Waals surface area contributed by atoms with Crippen molar-refractivity contribution in [3.05, 3.63) is 48.3 Å². The van der Waals surface area contributed by atoms with Crippen molar-refractivity contribution in [3.63, 3.8) is 0 Å². The maximum absolute atomic E-state index is 10.3. The Bertz CT molecular complexity index is 376. The molecule has 0 unspecified atom stereocenters. The molecule has 2 N–H and O–H groups in total. The molecule has 0 bridgehead atoms. The van der Waals surface area contributed by atoms with Crippen LogP contribution in [0.3, 0.4) is 0 Å². The van der Waals surface area contributed by atoms with Crippen LogP contribution in [0, 0.1) is 0 Å². The molecule has 0 rings (SSSR count). The monoisotopic (exact) mass is 292 g/mol. The van der Waals surface area contributed by atoms with Crippen molar-refractivity contribution < 1.29 is 15.0 Å². The van der Waals surface area contributed by atoms with Gasteiger partial charge >= 0.3 is 5.97 Å². The summed E-state index contributed by atoms with van der Waals surface area (Å²) in [5.74, 6) is -1.98. The molecule has 0 aliphatic carbocycles. The Morgan fingerprint density at radius 1 is 0.810 bits per heavy atom. The minimum atomic E-state index is -1.32. The maximum Gasteiger partial charge on any atom is 0.370 e. The van der Waals surface area contributed by atoms with Crippen molar-refractivity contribution in [3.8, 4) is 0 Å². The molecule has 3 nitrogen and oxygen atoms in total. The predicted octanol–water partition coefficient (Wildman–Crippen LogP) is 5.32. The molecular formula is C18H28O3. The molecule has 0 heterocycles. The van der Waals surface area contributed by atoms with Gasteiger partial charge in [0.1, 0.15) is 0 Å². The molecule has 118 valence electrons. The van der Waals surface area contributed by atoms with Gasteiger partial charge in [0.2, 0.25) is 5.76 Å². The molecule has 0 aromatic carbocycles. The number of aliphatic hydroxyl groups is 1. The SMILES string of the molecule is CCCCCCCCCC=CC=CC=CC=C(O)C(=O)O. The highest BCUT2D eigenvalue weighted by atomic mass is 16.4. The fourth-order valence-electron chi connectivity index (χ4n) is 1.80. The van der Waals surface area contributed by atoms with Crippen LogP contribution < -0.4 is 0 Å². The number of hydrogen-bond donors (Lipinski definition) is 2. The Hall–Kier alpha value is -1.77. The Labute approximate surface area is 128 Å². The highest BCUT2D eigenvalue weighted by Gasteiger charge is 1.99. The summed E-state index contributed by atoms with van der Waals surface area (Å²) >= 11 is 0. The first-order valence-electron chi connectivity index (χ1n) is 7.81. The first-order valence-corrected chi connectivity index (χ1v) is 7.81. The lowest BCUT2D eigenvalue weighted by Gasteiger charge is -1.98. The second-order valence-electron chi connectivity index (χ2n) is 4.97. The summed E-state index contributed by atoms with van der Waals surface area (Å²) in [7, 11) is 0. The van der Waals surface area contributed by atoms with Gasteiger partial charge in [0.15, 0.2) is 0 Å². The summed E-state index contributed by atoms with van der Waals surface area (Å²) in [6, 6.07) is 0. The molecule has 21 heavy (non-hydrogen) atoms. The Morgan fingerprint density at radius 3 is 2.05 bits per heavy atom. The van der Waals surface area contributed by atoms with Crippen molar-refractivity contribution in [2.45, 2.75) is 58.3 Å². The second kappa shape index (κ2) is 14.6. The number of rotatable bonds is 12. The number of hydrogen-bond acceptors (Lipinski definition) is 2. The lowest BCUT2D eigenvalue weighted by Crippen LogP contribution is -1.97. The van der Waals surface area contributed by atoms with Crippen LogP contribution >= 0.6 is 0 Å². The van der Waals surface area contributed by atoms with Gasteiger partial charge in [0.05, 0.1) is 0 Å². The fourth-order valence-corrected chi connectivity index (χ4v) is 1.80. The van der Waals surface area contributed by atoms with Crippen LogP contribution in [0.25, 0.3) is 0 Å². The average molecular weight is 292 g/mol. The van der Waals surface area contributed by atoms with E-state index in [9.17, 15) is 4.79 Å². The molecule has 0 aliphatic heterocycles. The molecular weight excluding hydrogens is 264 g/mol. The van der Waals surface area contributed by atoms with Crippen molar-refractivity contribution in [1.29, 1.82) is 0 Å². The average Bonchev–Trinajstić information content (AvgIpc) is 2.47. The van der Waals surface area contributed by atoms with Crippen molar-refractivity contribution in [1.82, 2.24) is 0 Å². The van der Waals surface area contributed by atoms with E-state index >= 15 is 0 Å². The predicted molar refractivity (Wildman–Crippen MR) is 88.4 cm³/mol. The van der Waals surface area contributed by atoms with Gasteiger partial charge in [-0.1, -0.05) is 81.9 Å². The molecule has 0 saturated heterocycles. The molecule has 0 aromatic rings. The molecule has 0 radical (unpaired) electrons. The standard InChI is InChI=1S/C18H28O3/c1-2-3-4-5-6-7-8-9-10-11-12-13-14-15-16-17(19)18(20)21/h10-16,19H,2-9H2,1H3,(H,20,21). The van der Waals surface area contributed by atoms with Crippen molar-refractivity contribution in [2.75, 3.05) is 0 Å². The Morgan fingerprint density at radius 2 is 1.38 bits per heavy atom. The maximum atomic E-state index is 10.3. The van der Waals surface area contributed by atoms with E-state index in [1.165, 1.54) is 51.0 Å². The van der Waals surface area contributed by atoms with Gasteiger partial charge in [-0.15, -0.1) is 0 Å². The van der Waals surface area contributed by atoms with E-state index in [0.717, 1.165) is 12.5 Å². The number of aliphatic carboxylic acids is 1. The Balaban J connectivity index is 3.55. The molecule has 0 spiro atoms. The van der Waals surface area contributed by atoms with Gasteiger partial charge in [-0.2, -0.15) is 0 Å². The number of carbonyl (C=O) groups is 1. The third-order valence-corrected chi connectivity index (χ3v) is 3.03. The van der Waals surface area contributed by atoms with E-state index in [0.29, 0.717) is 0 Å². The van der Waals surface area contributed by atoms with Crippen molar-refractivity contribution >= 4 is 5.97 Å². The summed E-state index contributed by atoms with van der Waals surface area (Å²) in [5, 5.41) is 17.3. The number of unbranched alkanes of at least 4 members (excludes halogenated alkanes) is 7. The van der Waals surface area contributed by atoms with E-state index < -0.39 is 11.7 Å². The van der Waals surface area contributed by atoms with Crippen LogP contribution in [-0.4, -0.2) is 16.2 Å². The van der Waals surface area contributed by atoms with Gasteiger partial charge in [-0.05, 0) is 18.9 Å². The molecule has 0 saturated carbocycles. The highest BCUT2D eigenvalue weighted by Crippen LogP contribution is 2.08. The molecule has 0 fully saturated rings. The fraction of sp³-hybridized carbons (Fsp3) is 0.500. The lowest BCUT2D eigenvalue weighted by molar-refractivity contribution is -0.135. The van der Waals surface area contributed by atoms with Crippen LogP contribution in [0.15, 0.2) is 48.3 Å². The zero-order valence-electron chi connectivity index (χ0n) is 13.0. The van der Waals surface area contributed by atoms with E-state index in [-0.39, 0.29) is 0 Å². The van der Waals surface area contributed by atoms with Gasteiger partial charge in [-0.3, -0.25) is 0 Å². The summed E-state index contributed by atoms with van der Waals surface area (Å²) in [4.78, 5) is 10.3. The van der Waals surface area contributed by atoms with Crippen LogP contribution in [0.2, 0.25) is 0 Å². The largest absolute Gasteiger partial charge is 0.502 e. The van der Waals surface area contributed by atoms with Gasteiger partial charge in [0, 0.05) is 0 Å². The molecule has 0 aliphatic rings. The van der Waals surface area contributed by atoms with Crippen LogP contribution in [0.5, 0.6) is 0 Å². The minimum Gasteiger partial charge on any atom is -0.502 e. The Kier molecular flexibility index (Phi) is 13.4. The van der Waals surface area contributed by atoms with Crippen LogP contribution in [-0.2, 0) is 4.79 Å². The smallest absolute Gasteiger partial charge is 0.370 e. The number of carboxylic acid groups (broad SMARTS) is 1. The van der Waals surface area contributed by atoms with E-state index in [1.807, 2.05) is 12.2 Å². The first-order chi connectivity index (χ1) is 10.2. The zero-order valence-corrected chi connectivity index (χ0v) is 13.0. The summed E-state index contributed by atoms with van der Waals surface area (Å²) < 4.78 is 0. The molecule has 3 heteroatoms. The lowest BCUT2D eigenvalue weighted by atomic mass is 10.1. The molecule has 0 amide bonds. The summed E-state index contributed by atoms with van der Waals surface area (Å²) in [6.45, 7) is 2.23. The van der Waals surface area contributed by atoms with Gasteiger partial charge in [-0.25, -0.2) is 4.79 Å². The number of aliphatic hydroxyl groups excluding tert-OH is 1.